The van der Waals surface area contributed by atoms with Crippen LogP contribution in [0.4, 0.5) is 5.69 Å². The number of anilines is 1. The third-order valence-electron chi connectivity index (χ3n) is 4.21. The topological polar surface area (TPSA) is 57.7 Å². The molecule has 1 aliphatic heterocycles. The van der Waals surface area contributed by atoms with E-state index in [4.69, 9.17) is 0 Å². The van der Waals surface area contributed by atoms with E-state index < -0.39 is 10.0 Å². The Morgan fingerprint density at radius 1 is 1.35 bits per heavy atom. The number of sulfonamides is 1. The number of benzene rings is 1. The SMILES string of the molecule is CC(C)CCN(CC(=O)N1c2ccccc2CC1C)S(C)(=O)=O. The highest BCUT2D eigenvalue weighted by molar-refractivity contribution is 7.88. The van der Waals surface area contributed by atoms with Crippen LogP contribution in [-0.2, 0) is 21.2 Å². The Labute approximate surface area is 139 Å². The van der Waals surface area contributed by atoms with Gasteiger partial charge in [-0.15, -0.1) is 0 Å². The molecule has 0 saturated heterocycles. The van der Waals surface area contributed by atoms with Gasteiger partial charge in [0.15, 0.2) is 0 Å². The van der Waals surface area contributed by atoms with Gasteiger partial charge in [-0.25, -0.2) is 8.42 Å². The van der Waals surface area contributed by atoms with E-state index in [1.807, 2.05) is 45.0 Å². The van der Waals surface area contributed by atoms with Crippen molar-refractivity contribution in [3.8, 4) is 0 Å². The number of fused-ring (bicyclic) bond motifs is 1. The lowest BCUT2D eigenvalue weighted by Crippen LogP contribution is -2.45. The van der Waals surface area contributed by atoms with E-state index >= 15 is 0 Å². The monoisotopic (exact) mass is 338 g/mol. The predicted octanol–water partition coefficient (Wildman–Crippen LogP) is 2.27. The molecule has 1 heterocycles. The Bertz CT molecular complexity index is 670. The molecule has 23 heavy (non-hydrogen) atoms. The Morgan fingerprint density at radius 3 is 2.61 bits per heavy atom. The van der Waals surface area contributed by atoms with Gasteiger partial charge in [-0.3, -0.25) is 4.79 Å². The highest BCUT2D eigenvalue weighted by Gasteiger charge is 2.32. The molecule has 1 aromatic carbocycles. The van der Waals surface area contributed by atoms with Crippen LogP contribution in [-0.4, -0.2) is 44.0 Å². The number of rotatable bonds is 6. The molecule has 1 unspecified atom stereocenters. The summed E-state index contributed by atoms with van der Waals surface area (Å²) in [7, 11) is -3.39. The molecular weight excluding hydrogens is 312 g/mol. The normalized spacial score (nSPS) is 17.8. The maximum atomic E-state index is 12.7. The van der Waals surface area contributed by atoms with Crippen LogP contribution in [0.2, 0.25) is 0 Å². The highest BCUT2D eigenvalue weighted by Crippen LogP contribution is 2.31. The van der Waals surface area contributed by atoms with Crippen molar-refractivity contribution >= 4 is 21.6 Å². The molecule has 5 nitrogen and oxygen atoms in total. The minimum Gasteiger partial charge on any atom is -0.308 e. The van der Waals surface area contributed by atoms with E-state index in [2.05, 4.69) is 0 Å². The smallest absolute Gasteiger partial charge is 0.242 e. The fraction of sp³-hybridized carbons (Fsp3) is 0.588. The first kappa shape index (κ1) is 17.9. The van der Waals surface area contributed by atoms with Gasteiger partial charge in [-0.1, -0.05) is 32.0 Å². The third kappa shape index (κ3) is 4.32. The number of hydrogen-bond donors (Lipinski definition) is 0. The molecule has 0 bridgehead atoms. The van der Waals surface area contributed by atoms with Gasteiger partial charge in [0.05, 0.1) is 12.8 Å². The highest BCUT2D eigenvalue weighted by atomic mass is 32.2. The largest absolute Gasteiger partial charge is 0.308 e. The lowest BCUT2D eigenvalue weighted by Gasteiger charge is -2.27. The molecule has 0 spiro atoms. The summed E-state index contributed by atoms with van der Waals surface area (Å²) in [6.07, 6.45) is 2.72. The number of hydrogen-bond acceptors (Lipinski definition) is 3. The molecule has 0 aliphatic carbocycles. The van der Waals surface area contributed by atoms with E-state index in [-0.39, 0.29) is 18.5 Å². The fourth-order valence-electron chi connectivity index (χ4n) is 2.94. The van der Waals surface area contributed by atoms with Crippen LogP contribution < -0.4 is 4.90 Å². The molecule has 1 atom stereocenters. The molecule has 0 fully saturated rings. The van der Waals surface area contributed by atoms with Crippen LogP contribution in [0, 0.1) is 5.92 Å². The van der Waals surface area contributed by atoms with Gasteiger partial charge in [0.2, 0.25) is 15.9 Å². The third-order valence-corrected chi connectivity index (χ3v) is 5.46. The van der Waals surface area contributed by atoms with Crippen molar-refractivity contribution < 1.29 is 13.2 Å². The second-order valence-electron chi connectivity index (χ2n) is 6.72. The first-order chi connectivity index (χ1) is 10.7. The molecule has 0 saturated carbocycles. The summed E-state index contributed by atoms with van der Waals surface area (Å²) in [5.41, 5.74) is 2.05. The molecular formula is C17H26N2O3S. The molecule has 0 aromatic heterocycles. The molecule has 1 aromatic rings. The first-order valence-electron chi connectivity index (χ1n) is 8.05. The van der Waals surface area contributed by atoms with Gasteiger partial charge in [0, 0.05) is 18.3 Å². The van der Waals surface area contributed by atoms with Crippen LogP contribution in [0.1, 0.15) is 32.8 Å². The Hall–Kier alpha value is -1.40. The summed E-state index contributed by atoms with van der Waals surface area (Å²) < 4.78 is 25.2. The van der Waals surface area contributed by atoms with E-state index in [0.29, 0.717) is 12.5 Å². The fourth-order valence-corrected chi connectivity index (χ4v) is 3.72. The summed E-state index contributed by atoms with van der Waals surface area (Å²) in [5.74, 6) is 0.234. The zero-order valence-corrected chi connectivity index (χ0v) is 15.1. The molecule has 1 amide bonds. The second-order valence-corrected chi connectivity index (χ2v) is 8.71. The van der Waals surface area contributed by atoms with Crippen molar-refractivity contribution in [1.29, 1.82) is 0 Å². The summed E-state index contributed by atoms with van der Waals surface area (Å²) in [4.78, 5) is 14.5. The van der Waals surface area contributed by atoms with E-state index in [1.165, 1.54) is 10.6 Å². The first-order valence-corrected chi connectivity index (χ1v) is 9.90. The van der Waals surface area contributed by atoms with Crippen LogP contribution >= 0.6 is 0 Å². The minimum absolute atomic E-state index is 0.0615. The molecule has 2 rings (SSSR count). The Kier molecular flexibility index (Phi) is 5.47. The maximum absolute atomic E-state index is 12.7. The summed E-state index contributed by atoms with van der Waals surface area (Å²) in [6, 6.07) is 7.88. The van der Waals surface area contributed by atoms with Crippen LogP contribution in [0.25, 0.3) is 0 Å². The standard InChI is InChI=1S/C17H26N2O3S/c1-13(2)9-10-18(23(4,21)22)12-17(20)19-14(3)11-15-7-5-6-8-16(15)19/h5-8,13-14H,9-12H2,1-4H3. The lowest BCUT2D eigenvalue weighted by atomic mass is 10.1. The van der Waals surface area contributed by atoms with Gasteiger partial charge >= 0.3 is 0 Å². The minimum atomic E-state index is -3.39. The maximum Gasteiger partial charge on any atom is 0.242 e. The summed E-state index contributed by atoms with van der Waals surface area (Å²) in [6.45, 7) is 6.37. The quantitative estimate of drug-likeness (QED) is 0.799. The van der Waals surface area contributed by atoms with Crippen molar-refractivity contribution in [3.63, 3.8) is 0 Å². The van der Waals surface area contributed by atoms with E-state index in [9.17, 15) is 13.2 Å². The molecule has 1 aliphatic rings. The number of carbonyl (C=O) groups is 1. The average Bonchev–Trinajstić information content (AvgIpc) is 2.77. The van der Waals surface area contributed by atoms with Gasteiger partial charge in [0.1, 0.15) is 0 Å². The number of carbonyl (C=O) groups excluding carboxylic acids is 1. The van der Waals surface area contributed by atoms with Crippen LogP contribution in [0.5, 0.6) is 0 Å². The summed E-state index contributed by atoms with van der Waals surface area (Å²) in [5, 5.41) is 0. The molecule has 0 N–H and O–H groups in total. The zero-order valence-electron chi connectivity index (χ0n) is 14.3. The predicted molar refractivity (Wildman–Crippen MR) is 93.0 cm³/mol. The van der Waals surface area contributed by atoms with E-state index in [0.717, 1.165) is 24.1 Å². The molecule has 128 valence electrons. The lowest BCUT2D eigenvalue weighted by molar-refractivity contribution is -0.119. The second kappa shape index (κ2) is 7.01. The Balaban J connectivity index is 2.16. The number of para-hydroxylation sites is 1. The van der Waals surface area contributed by atoms with Crippen molar-refractivity contribution in [2.75, 3.05) is 24.2 Å². The summed E-state index contributed by atoms with van der Waals surface area (Å²) >= 11 is 0. The van der Waals surface area contributed by atoms with Crippen LogP contribution in [0.3, 0.4) is 0 Å². The average molecular weight is 338 g/mol. The zero-order chi connectivity index (χ0) is 17.2. The van der Waals surface area contributed by atoms with Gasteiger partial charge < -0.3 is 4.90 Å². The van der Waals surface area contributed by atoms with Crippen LogP contribution in [0.15, 0.2) is 24.3 Å². The van der Waals surface area contributed by atoms with Gasteiger partial charge in [0.25, 0.3) is 0 Å². The number of amides is 1. The van der Waals surface area contributed by atoms with Crippen molar-refractivity contribution in [3.05, 3.63) is 29.8 Å². The van der Waals surface area contributed by atoms with Crippen molar-refractivity contribution in [2.45, 2.75) is 39.7 Å². The Morgan fingerprint density at radius 2 is 2.00 bits per heavy atom. The van der Waals surface area contributed by atoms with Gasteiger partial charge in [-0.2, -0.15) is 4.31 Å². The van der Waals surface area contributed by atoms with E-state index in [1.54, 1.807) is 4.90 Å². The van der Waals surface area contributed by atoms with Crippen molar-refractivity contribution in [2.24, 2.45) is 5.92 Å². The van der Waals surface area contributed by atoms with Crippen molar-refractivity contribution in [1.82, 2.24) is 4.31 Å². The van der Waals surface area contributed by atoms with Gasteiger partial charge in [-0.05, 0) is 37.3 Å². The molecule has 0 radical (unpaired) electrons. The number of nitrogens with zero attached hydrogens (tertiary/aromatic N) is 2. The molecule has 6 heteroatoms.